The summed E-state index contributed by atoms with van der Waals surface area (Å²) in [6, 6.07) is 7.79. The van der Waals surface area contributed by atoms with Crippen LogP contribution < -0.4 is 10.6 Å². The van der Waals surface area contributed by atoms with Crippen molar-refractivity contribution in [3.05, 3.63) is 45.9 Å². The summed E-state index contributed by atoms with van der Waals surface area (Å²) < 4.78 is 0. The van der Waals surface area contributed by atoms with E-state index in [1.54, 1.807) is 23.1 Å². The predicted molar refractivity (Wildman–Crippen MR) is 93.6 cm³/mol. The Hall–Kier alpha value is -1.53. The second kappa shape index (κ2) is 7.65. The van der Waals surface area contributed by atoms with Crippen LogP contribution in [-0.2, 0) is 0 Å². The van der Waals surface area contributed by atoms with Gasteiger partial charge >= 0.3 is 6.03 Å². The van der Waals surface area contributed by atoms with Crippen LogP contribution in [0.15, 0.2) is 35.4 Å². The van der Waals surface area contributed by atoms with Gasteiger partial charge in [-0.15, -0.1) is 23.1 Å². The smallest absolute Gasteiger partial charge is 0.315 e. The van der Waals surface area contributed by atoms with Crippen molar-refractivity contribution in [2.75, 3.05) is 6.26 Å². The van der Waals surface area contributed by atoms with E-state index in [1.165, 1.54) is 4.90 Å². The number of nitrogens with one attached hydrogen (secondary N) is 2. The molecule has 0 unspecified atom stereocenters. The standard InChI is InChI=1S/C16H21N3OS2/c1-10-9-17-15(22-10)12(3)19-16(20)18-11(2)13-7-5-6-8-14(13)21-4/h5-9,11-12H,1-4H3,(H2,18,19,20)/t11-,12-/m1/s1. The van der Waals surface area contributed by atoms with E-state index < -0.39 is 0 Å². The summed E-state index contributed by atoms with van der Waals surface area (Å²) in [6.45, 7) is 5.95. The first-order chi connectivity index (χ1) is 10.5. The van der Waals surface area contributed by atoms with Crippen LogP contribution in [0.5, 0.6) is 0 Å². The molecule has 2 aromatic rings. The topological polar surface area (TPSA) is 54.0 Å². The molecule has 22 heavy (non-hydrogen) atoms. The Morgan fingerprint density at radius 3 is 2.55 bits per heavy atom. The average molecular weight is 335 g/mol. The predicted octanol–water partition coefficient (Wildman–Crippen LogP) is 4.29. The molecular formula is C16H21N3OS2. The molecule has 118 valence electrons. The molecule has 1 aromatic carbocycles. The fraction of sp³-hybridized carbons (Fsp3) is 0.375. The van der Waals surface area contributed by atoms with Crippen molar-refractivity contribution in [3.8, 4) is 0 Å². The van der Waals surface area contributed by atoms with Gasteiger partial charge in [0.1, 0.15) is 5.01 Å². The second-order valence-electron chi connectivity index (χ2n) is 5.11. The zero-order chi connectivity index (χ0) is 16.1. The van der Waals surface area contributed by atoms with E-state index in [9.17, 15) is 4.79 Å². The number of hydrogen-bond donors (Lipinski definition) is 2. The Morgan fingerprint density at radius 2 is 1.91 bits per heavy atom. The Morgan fingerprint density at radius 1 is 1.23 bits per heavy atom. The summed E-state index contributed by atoms with van der Waals surface area (Å²) in [5.41, 5.74) is 1.13. The fourth-order valence-corrected chi connectivity index (χ4v) is 3.64. The first-order valence-corrected chi connectivity index (χ1v) is 9.17. The minimum absolute atomic E-state index is 0.0473. The van der Waals surface area contributed by atoms with Crippen molar-refractivity contribution in [1.29, 1.82) is 0 Å². The van der Waals surface area contributed by atoms with Crippen LogP contribution >= 0.6 is 23.1 Å². The van der Waals surface area contributed by atoms with Crippen LogP contribution in [0, 0.1) is 6.92 Å². The number of nitrogens with zero attached hydrogens (tertiary/aromatic N) is 1. The molecule has 0 saturated heterocycles. The molecule has 0 fully saturated rings. The number of aryl methyl sites for hydroxylation is 1. The maximum Gasteiger partial charge on any atom is 0.315 e. The van der Waals surface area contributed by atoms with Gasteiger partial charge in [-0.2, -0.15) is 0 Å². The lowest BCUT2D eigenvalue weighted by atomic mass is 10.1. The number of thiazole rings is 1. The highest BCUT2D eigenvalue weighted by Gasteiger charge is 2.16. The number of urea groups is 1. The molecule has 4 nitrogen and oxygen atoms in total. The summed E-state index contributed by atoms with van der Waals surface area (Å²) in [5.74, 6) is 0. The van der Waals surface area contributed by atoms with Gasteiger partial charge in [0.15, 0.2) is 0 Å². The Kier molecular flexibility index (Phi) is 5.85. The molecule has 2 amide bonds. The molecule has 0 aliphatic heterocycles. The summed E-state index contributed by atoms with van der Waals surface area (Å²) in [7, 11) is 0. The molecule has 1 heterocycles. The monoisotopic (exact) mass is 335 g/mol. The van der Waals surface area contributed by atoms with Crippen LogP contribution in [0.1, 0.15) is 41.4 Å². The van der Waals surface area contributed by atoms with Gasteiger partial charge in [-0.25, -0.2) is 9.78 Å². The highest BCUT2D eigenvalue weighted by atomic mass is 32.2. The van der Waals surface area contributed by atoms with E-state index in [1.807, 2.05) is 51.4 Å². The van der Waals surface area contributed by atoms with Gasteiger partial charge in [0, 0.05) is 16.0 Å². The first kappa shape index (κ1) is 16.8. The van der Waals surface area contributed by atoms with Gasteiger partial charge in [-0.1, -0.05) is 18.2 Å². The largest absolute Gasteiger partial charge is 0.332 e. The van der Waals surface area contributed by atoms with Crippen molar-refractivity contribution in [2.45, 2.75) is 37.8 Å². The normalized spacial score (nSPS) is 13.5. The molecule has 0 spiro atoms. The van der Waals surface area contributed by atoms with Gasteiger partial charge in [0.25, 0.3) is 0 Å². The van der Waals surface area contributed by atoms with E-state index >= 15 is 0 Å². The van der Waals surface area contributed by atoms with E-state index in [0.29, 0.717) is 0 Å². The Balaban J connectivity index is 1.96. The number of benzene rings is 1. The van der Waals surface area contributed by atoms with Crippen molar-refractivity contribution < 1.29 is 4.79 Å². The van der Waals surface area contributed by atoms with Gasteiger partial charge in [0.05, 0.1) is 12.1 Å². The molecule has 2 rings (SSSR count). The number of rotatable bonds is 5. The lowest BCUT2D eigenvalue weighted by Gasteiger charge is -2.19. The molecule has 2 atom stereocenters. The zero-order valence-corrected chi connectivity index (χ0v) is 14.8. The number of aromatic nitrogens is 1. The van der Waals surface area contributed by atoms with Crippen LogP contribution in [0.2, 0.25) is 0 Å². The minimum atomic E-state index is -0.177. The third-order valence-corrected chi connectivity index (χ3v) is 5.22. The van der Waals surface area contributed by atoms with Crippen molar-refractivity contribution in [3.63, 3.8) is 0 Å². The fourth-order valence-electron chi connectivity index (χ4n) is 2.17. The van der Waals surface area contributed by atoms with Crippen LogP contribution in [0.4, 0.5) is 4.79 Å². The van der Waals surface area contributed by atoms with Gasteiger partial charge < -0.3 is 10.6 Å². The van der Waals surface area contributed by atoms with Gasteiger partial charge in [0.2, 0.25) is 0 Å². The van der Waals surface area contributed by atoms with Crippen LogP contribution in [0.3, 0.4) is 0 Å². The first-order valence-electron chi connectivity index (χ1n) is 7.13. The molecule has 0 aliphatic carbocycles. The van der Waals surface area contributed by atoms with E-state index in [2.05, 4.69) is 21.7 Å². The number of amides is 2. The second-order valence-corrected chi connectivity index (χ2v) is 7.23. The number of hydrogen-bond acceptors (Lipinski definition) is 4. The molecule has 6 heteroatoms. The molecule has 2 N–H and O–H groups in total. The highest BCUT2D eigenvalue weighted by molar-refractivity contribution is 7.98. The zero-order valence-electron chi connectivity index (χ0n) is 13.2. The van der Waals surface area contributed by atoms with Gasteiger partial charge in [-0.05, 0) is 38.7 Å². The van der Waals surface area contributed by atoms with Crippen molar-refractivity contribution >= 4 is 29.1 Å². The molecule has 0 bridgehead atoms. The van der Waals surface area contributed by atoms with Crippen LogP contribution in [0.25, 0.3) is 0 Å². The lowest BCUT2D eigenvalue weighted by Crippen LogP contribution is -2.38. The lowest BCUT2D eigenvalue weighted by molar-refractivity contribution is 0.234. The van der Waals surface area contributed by atoms with Gasteiger partial charge in [-0.3, -0.25) is 0 Å². The average Bonchev–Trinajstić information content (AvgIpc) is 2.93. The summed E-state index contributed by atoms with van der Waals surface area (Å²) in [4.78, 5) is 18.8. The SMILES string of the molecule is CSc1ccccc1[C@@H](C)NC(=O)N[C@H](C)c1ncc(C)s1. The summed E-state index contributed by atoms with van der Waals surface area (Å²) in [5, 5.41) is 6.85. The van der Waals surface area contributed by atoms with Crippen molar-refractivity contribution in [1.82, 2.24) is 15.6 Å². The molecule has 0 aliphatic rings. The Labute approximate surface area is 139 Å². The maximum absolute atomic E-state index is 12.2. The summed E-state index contributed by atoms with van der Waals surface area (Å²) >= 11 is 3.29. The third kappa shape index (κ3) is 4.24. The number of thioether (sulfide) groups is 1. The third-order valence-electron chi connectivity index (χ3n) is 3.31. The van der Waals surface area contributed by atoms with E-state index in [-0.39, 0.29) is 18.1 Å². The molecule has 0 radical (unpaired) electrons. The van der Waals surface area contributed by atoms with E-state index in [0.717, 1.165) is 15.4 Å². The molecule has 1 aromatic heterocycles. The molecular weight excluding hydrogens is 314 g/mol. The molecule has 0 saturated carbocycles. The summed E-state index contributed by atoms with van der Waals surface area (Å²) in [6.07, 6.45) is 3.87. The number of carbonyl (C=O) groups excluding carboxylic acids is 1. The van der Waals surface area contributed by atoms with E-state index in [4.69, 9.17) is 0 Å². The quantitative estimate of drug-likeness (QED) is 0.801. The highest BCUT2D eigenvalue weighted by Crippen LogP contribution is 2.25. The minimum Gasteiger partial charge on any atom is -0.332 e. The Bertz CT molecular complexity index is 642. The number of carbonyl (C=O) groups is 1. The maximum atomic E-state index is 12.2. The van der Waals surface area contributed by atoms with Crippen LogP contribution in [-0.4, -0.2) is 17.3 Å². The van der Waals surface area contributed by atoms with Crippen molar-refractivity contribution in [2.24, 2.45) is 0 Å².